The van der Waals surface area contributed by atoms with Gasteiger partial charge in [-0.25, -0.2) is 4.79 Å². The molecule has 2 amide bonds. The highest BCUT2D eigenvalue weighted by Gasteiger charge is 2.32. The van der Waals surface area contributed by atoms with Crippen LogP contribution in [-0.4, -0.2) is 51.3 Å². The van der Waals surface area contributed by atoms with E-state index in [-0.39, 0.29) is 30.4 Å². The molecule has 1 aliphatic rings. The van der Waals surface area contributed by atoms with E-state index in [4.69, 9.17) is 9.26 Å². The molecule has 0 aliphatic carbocycles. The van der Waals surface area contributed by atoms with Crippen molar-refractivity contribution in [2.24, 2.45) is 4.99 Å². The Balaban J connectivity index is 1.54. The summed E-state index contributed by atoms with van der Waals surface area (Å²) in [5.41, 5.74) is 1.42. The second kappa shape index (κ2) is 10.3. The van der Waals surface area contributed by atoms with Crippen molar-refractivity contribution in [2.45, 2.75) is 39.0 Å². The van der Waals surface area contributed by atoms with E-state index in [1.54, 1.807) is 31.2 Å². The minimum atomic E-state index is -0.552. The fourth-order valence-corrected chi connectivity index (χ4v) is 4.14. The van der Waals surface area contributed by atoms with Crippen molar-refractivity contribution in [3.63, 3.8) is 0 Å². The lowest BCUT2D eigenvalue weighted by molar-refractivity contribution is -0.121. The Labute approximate surface area is 184 Å². The first kappa shape index (κ1) is 22.5. The van der Waals surface area contributed by atoms with Crippen molar-refractivity contribution >= 4 is 40.4 Å². The Morgan fingerprint density at radius 1 is 1.26 bits per heavy atom. The standard InChI is InChI=1S/C21H24N4O5S/c1-4-25(5-2)21-23-19(27)17(31-21)11-18(26)22-15-8-6-7-14(10-15)20(28)29-12-16-9-13(3)24-30-16/h6-10,17H,4-5,11-12H2,1-3H3,(H,22,26). The zero-order chi connectivity index (χ0) is 22.4. The fraction of sp³-hybridized carbons (Fsp3) is 0.381. The molecule has 9 nitrogen and oxygen atoms in total. The Morgan fingerprint density at radius 3 is 2.71 bits per heavy atom. The van der Waals surface area contributed by atoms with E-state index in [1.807, 2.05) is 18.7 Å². The summed E-state index contributed by atoms with van der Waals surface area (Å²) >= 11 is 1.31. The molecule has 1 N–H and O–H groups in total. The first-order chi connectivity index (χ1) is 14.9. The average Bonchev–Trinajstić information content (AvgIpc) is 3.32. The van der Waals surface area contributed by atoms with Crippen LogP contribution in [0.4, 0.5) is 5.69 Å². The topological polar surface area (TPSA) is 114 Å². The molecule has 0 bridgehead atoms. The third-order valence-electron chi connectivity index (χ3n) is 4.54. The van der Waals surface area contributed by atoms with Gasteiger partial charge in [0.1, 0.15) is 5.25 Å². The van der Waals surface area contributed by atoms with E-state index >= 15 is 0 Å². The molecule has 164 valence electrons. The number of aryl methyl sites for hydroxylation is 1. The summed E-state index contributed by atoms with van der Waals surface area (Å²) in [5.74, 6) is -0.740. The Kier molecular flexibility index (Phi) is 7.45. The lowest BCUT2D eigenvalue weighted by Crippen LogP contribution is -2.27. The molecule has 10 heteroatoms. The summed E-state index contributed by atoms with van der Waals surface area (Å²) in [4.78, 5) is 42.9. The molecule has 0 radical (unpaired) electrons. The number of hydrogen-bond acceptors (Lipinski definition) is 8. The molecule has 0 saturated heterocycles. The molecule has 3 rings (SSSR count). The monoisotopic (exact) mass is 444 g/mol. The van der Waals surface area contributed by atoms with Gasteiger partial charge in [0.2, 0.25) is 5.91 Å². The molecular formula is C21H24N4O5S. The maximum absolute atomic E-state index is 12.4. The fourth-order valence-electron chi connectivity index (χ4n) is 2.95. The number of esters is 1. The van der Waals surface area contributed by atoms with Gasteiger partial charge in [-0.1, -0.05) is 23.0 Å². The van der Waals surface area contributed by atoms with Crippen LogP contribution in [0.5, 0.6) is 0 Å². The zero-order valence-electron chi connectivity index (χ0n) is 17.6. The number of benzene rings is 1. The molecule has 1 aliphatic heterocycles. The lowest BCUT2D eigenvalue weighted by Gasteiger charge is -2.19. The predicted octanol–water partition coefficient (Wildman–Crippen LogP) is 3.01. The molecular weight excluding hydrogens is 420 g/mol. The minimum absolute atomic E-state index is 0.00269. The predicted molar refractivity (Wildman–Crippen MR) is 117 cm³/mol. The Hall–Kier alpha value is -3.14. The van der Waals surface area contributed by atoms with Gasteiger partial charge in [-0.3, -0.25) is 9.59 Å². The van der Waals surface area contributed by atoms with E-state index in [9.17, 15) is 14.4 Å². The number of nitrogens with zero attached hydrogens (tertiary/aromatic N) is 3. The van der Waals surface area contributed by atoms with E-state index in [1.165, 1.54) is 17.8 Å². The van der Waals surface area contributed by atoms with Crippen molar-refractivity contribution in [3.8, 4) is 0 Å². The van der Waals surface area contributed by atoms with Gasteiger partial charge < -0.3 is 19.5 Å². The van der Waals surface area contributed by atoms with Crippen LogP contribution in [0.3, 0.4) is 0 Å². The number of carbonyl (C=O) groups is 3. The summed E-state index contributed by atoms with van der Waals surface area (Å²) in [6.45, 7) is 7.20. The second-order valence-corrected chi connectivity index (χ2v) is 8.03. The number of carbonyl (C=O) groups excluding carboxylic acids is 3. The molecule has 1 aromatic heterocycles. The molecule has 1 unspecified atom stereocenters. The summed E-state index contributed by atoms with van der Waals surface area (Å²) in [5, 5.41) is 6.57. The number of aromatic nitrogens is 1. The average molecular weight is 445 g/mol. The van der Waals surface area contributed by atoms with Crippen LogP contribution in [0.25, 0.3) is 0 Å². The van der Waals surface area contributed by atoms with Crippen LogP contribution >= 0.6 is 11.8 Å². The summed E-state index contributed by atoms with van der Waals surface area (Å²) in [6, 6.07) is 8.09. The van der Waals surface area contributed by atoms with Crippen LogP contribution in [0, 0.1) is 6.92 Å². The maximum Gasteiger partial charge on any atom is 0.338 e. The highest BCUT2D eigenvalue weighted by atomic mass is 32.2. The van der Waals surface area contributed by atoms with Gasteiger partial charge in [0.05, 0.1) is 11.3 Å². The quantitative estimate of drug-likeness (QED) is 0.618. The van der Waals surface area contributed by atoms with E-state index in [0.717, 1.165) is 13.1 Å². The number of rotatable bonds is 8. The molecule has 0 saturated carbocycles. The minimum Gasteiger partial charge on any atom is -0.454 e. The van der Waals surface area contributed by atoms with Gasteiger partial charge in [-0.15, -0.1) is 0 Å². The molecule has 1 atom stereocenters. The van der Waals surface area contributed by atoms with E-state index in [2.05, 4.69) is 15.5 Å². The summed E-state index contributed by atoms with van der Waals surface area (Å²) in [6.07, 6.45) is -0.00269. The molecule has 0 spiro atoms. The first-order valence-corrected chi connectivity index (χ1v) is 10.8. The number of ether oxygens (including phenoxy) is 1. The molecule has 0 fully saturated rings. The lowest BCUT2D eigenvalue weighted by atomic mass is 10.2. The summed E-state index contributed by atoms with van der Waals surface area (Å²) in [7, 11) is 0. The Bertz CT molecular complexity index is 999. The van der Waals surface area contributed by atoms with Crippen molar-refractivity contribution < 1.29 is 23.6 Å². The maximum atomic E-state index is 12.4. The van der Waals surface area contributed by atoms with Crippen LogP contribution < -0.4 is 5.32 Å². The summed E-state index contributed by atoms with van der Waals surface area (Å²) < 4.78 is 10.2. The highest BCUT2D eigenvalue weighted by Crippen LogP contribution is 2.27. The normalized spacial score (nSPS) is 15.5. The number of aliphatic imine (C=N–C) groups is 1. The zero-order valence-corrected chi connectivity index (χ0v) is 18.4. The second-order valence-electron chi connectivity index (χ2n) is 6.86. The van der Waals surface area contributed by atoms with Gasteiger partial charge in [0.25, 0.3) is 5.91 Å². The van der Waals surface area contributed by atoms with Crippen molar-refractivity contribution in [3.05, 3.63) is 47.3 Å². The van der Waals surface area contributed by atoms with E-state index < -0.39 is 11.2 Å². The number of nitrogens with one attached hydrogen (secondary N) is 1. The van der Waals surface area contributed by atoms with Gasteiger partial charge in [-0.05, 0) is 39.0 Å². The smallest absolute Gasteiger partial charge is 0.338 e. The molecule has 1 aromatic carbocycles. The largest absolute Gasteiger partial charge is 0.454 e. The third-order valence-corrected chi connectivity index (χ3v) is 5.75. The third kappa shape index (κ3) is 5.94. The van der Waals surface area contributed by atoms with Crippen LogP contribution in [0.1, 0.15) is 42.1 Å². The van der Waals surface area contributed by atoms with Crippen LogP contribution in [-0.2, 0) is 20.9 Å². The molecule has 31 heavy (non-hydrogen) atoms. The number of amides is 2. The highest BCUT2D eigenvalue weighted by molar-refractivity contribution is 8.15. The number of anilines is 1. The van der Waals surface area contributed by atoms with E-state index in [0.29, 0.717) is 22.3 Å². The van der Waals surface area contributed by atoms with Gasteiger partial charge >= 0.3 is 5.97 Å². The number of amidine groups is 1. The van der Waals surface area contributed by atoms with Crippen molar-refractivity contribution in [1.82, 2.24) is 10.1 Å². The number of hydrogen-bond donors (Lipinski definition) is 1. The van der Waals surface area contributed by atoms with Gasteiger partial charge in [0.15, 0.2) is 17.5 Å². The van der Waals surface area contributed by atoms with Crippen molar-refractivity contribution in [2.75, 3.05) is 18.4 Å². The molecule has 2 heterocycles. The first-order valence-electron chi connectivity index (χ1n) is 9.93. The number of thioether (sulfide) groups is 1. The SMILES string of the molecule is CCN(CC)C1=NC(=O)C(CC(=O)Nc2cccc(C(=O)OCc3cc(C)no3)c2)S1. The van der Waals surface area contributed by atoms with Crippen LogP contribution in [0.2, 0.25) is 0 Å². The van der Waals surface area contributed by atoms with Gasteiger partial charge in [-0.2, -0.15) is 4.99 Å². The Morgan fingerprint density at radius 2 is 2.03 bits per heavy atom. The van der Waals surface area contributed by atoms with Crippen molar-refractivity contribution in [1.29, 1.82) is 0 Å². The van der Waals surface area contributed by atoms with Gasteiger partial charge in [0, 0.05) is 31.3 Å². The van der Waals surface area contributed by atoms with Crippen LogP contribution in [0.15, 0.2) is 39.8 Å². The molecule has 2 aromatic rings.